The van der Waals surface area contributed by atoms with Gasteiger partial charge in [-0.3, -0.25) is 0 Å². The van der Waals surface area contributed by atoms with Crippen molar-refractivity contribution in [2.45, 2.75) is 57.8 Å². The lowest BCUT2D eigenvalue weighted by atomic mass is 9.79. The van der Waals surface area contributed by atoms with Crippen LogP contribution in [0.5, 0.6) is 0 Å². The van der Waals surface area contributed by atoms with E-state index < -0.39 is 0 Å². The van der Waals surface area contributed by atoms with E-state index in [1.807, 2.05) is 12.1 Å². The van der Waals surface area contributed by atoms with Crippen LogP contribution in [0.1, 0.15) is 74.9 Å². The highest BCUT2D eigenvalue weighted by Gasteiger charge is 2.39. The van der Waals surface area contributed by atoms with E-state index in [1.165, 1.54) is 144 Å². The van der Waals surface area contributed by atoms with E-state index in [1.54, 1.807) is 12.1 Å². The summed E-state index contributed by atoms with van der Waals surface area (Å²) in [7, 11) is 0. The maximum atomic E-state index is 14.2. The van der Waals surface area contributed by atoms with Gasteiger partial charge < -0.3 is 0 Å². The Morgan fingerprint density at radius 2 is 0.438 bits per heavy atom. The van der Waals surface area contributed by atoms with Crippen LogP contribution in [0.4, 0.5) is 4.39 Å². The maximum Gasteiger partial charge on any atom is 0.123 e. The SMILES string of the molecule is CC1(C)c2ccccc2-c2ccc(-c3c4ccccc4c(-c4ccc5c(c4)C(C)(C)c4cc(-c6ccc7c(c6)C(C)(C)c6cc(-c8c9ccccc9c(-c9ccc(F)cc9)c9ccccc89)ccc6-7)ccc4-5)c4ccccc34)cc21. The predicted molar refractivity (Wildman–Crippen MR) is 336 cm³/mol. The highest BCUT2D eigenvalue weighted by Crippen LogP contribution is 2.56. The Kier molecular flexibility index (Phi) is 9.78. The summed E-state index contributed by atoms with van der Waals surface area (Å²) >= 11 is 0. The number of hydrogen-bond donors (Lipinski definition) is 0. The number of fused-ring (bicyclic) bond motifs is 13. The van der Waals surface area contributed by atoms with Gasteiger partial charge in [0, 0.05) is 16.2 Å². The van der Waals surface area contributed by atoms with Gasteiger partial charge in [0.25, 0.3) is 0 Å². The van der Waals surface area contributed by atoms with Crippen molar-refractivity contribution in [2.75, 3.05) is 0 Å². The smallest absolute Gasteiger partial charge is 0.123 e. The molecule has 0 radical (unpaired) electrons. The molecule has 0 saturated carbocycles. The molecule has 380 valence electrons. The number of benzene rings is 13. The van der Waals surface area contributed by atoms with E-state index in [0.717, 1.165) is 21.9 Å². The average Bonchev–Trinajstić information content (AvgIpc) is 4.15. The first-order valence-corrected chi connectivity index (χ1v) is 28.3. The topological polar surface area (TPSA) is 0 Å². The molecule has 0 aromatic heterocycles. The molecular formula is C79H57F. The molecule has 0 nitrogen and oxygen atoms in total. The zero-order chi connectivity index (χ0) is 54.0. The van der Waals surface area contributed by atoms with Crippen LogP contribution in [0.15, 0.2) is 237 Å². The Labute approximate surface area is 467 Å². The monoisotopic (exact) mass is 1020 g/mol. The summed E-state index contributed by atoms with van der Waals surface area (Å²) in [6.45, 7) is 14.4. The molecule has 0 unspecified atom stereocenters. The first-order chi connectivity index (χ1) is 38.9. The van der Waals surface area contributed by atoms with Gasteiger partial charge in [0.1, 0.15) is 5.82 Å². The molecule has 3 aliphatic rings. The summed E-state index contributed by atoms with van der Waals surface area (Å²) in [6.07, 6.45) is 0. The first-order valence-electron chi connectivity index (χ1n) is 28.3. The minimum absolute atomic E-state index is 0.0860. The largest absolute Gasteiger partial charge is 0.207 e. The van der Waals surface area contributed by atoms with Crippen molar-refractivity contribution in [3.63, 3.8) is 0 Å². The molecule has 1 heteroatoms. The lowest BCUT2D eigenvalue weighted by molar-refractivity contribution is 0.628. The van der Waals surface area contributed by atoms with E-state index in [4.69, 9.17) is 0 Å². The van der Waals surface area contributed by atoms with Crippen molar-refractivity contribution >= 4 is 43.1 Å². The minimum Gasteiger partial charge on any atom is -0.207 e. The first kappa shape index (κ1) is 46.9. The van der Waals surface area contributed by atoms with Crippen LogP contribution in [-0.4, -0.2) is 0 Å². The van der Waals surface area contributed by atoms with Gasteiger partial charge in [0.05, 0.1) is 0 Å². The van der Waals surface area contributed by atoms with Gasteiger partial charge in [-0.25, -0.2) is 4.39 Å². The van der Waals surface area contributed by atoms with E-state index in [-0.39, 0.29) is 22.1 Å². The lowest BCUT2D eigenvalue weighted by Crippen LogP contribution is -2.15. The molecule has 0 heterocycles. The predicted octanol–water partition coefficient (Wildman–Crippen LogP) is 21.7. The standard InChI is InChI=1S/C79H57F/c1-77(2)67-26-16-15-17-53(67)54-38-31-49(43-70(54)77)75-63-22-11-13-24-65(63)76(66-25-14-12-23-64(66)75)51-33-40-58-56-37-30-48(42-69(56)79(5,6)72(58)45-51)47-29-36-55-57-39-32-50(44-71(57)78(3,4)68(55)41-47)74-61-20-9-7-18-59(61)73(46-27-34-52(80)35-28-46)60-19-8-10-21-62(60)74/h7-45H,1-6H3. The second kappa shape index (κ2) is 16.7. The fraction of sp³-hybridized carbons (Fsp3) is 0.114. The third kappa shape index (κ3) is 6.49. The molecular weight excluding hydrogens is 968 g/mol. The molecule has 0 spiro atoms. The zero-order valence-corrected chi connectivity index (χ0v) is 45.9. The number of rotatable bonds is 5. The summed E-state index contributed by atoms with van der Waals surface area (Å²) in [5, 5.41) is 9.82. The van der Waals surface area contributed by atoms with E-state index in [0.29, 0.717) is 0 Å². The molecule has 16 rings (SSSR count). The highest BCUT2D eigenvalue weighted by atomic mass is 19.1. The Morgan fingerprint density at radius 1 is 0.212 bits per heavy atom. The van der Waals surface area contributed by atoms with Gasteiger partial charge in [-0.15, -0.1) is 0 Å². The van der Waals surface area contributed by atoms with Gasteiger partial charge >= 0.3 is 0 Å². The number of halogens is 1. The minimum atomic E-state index is -0.240. The van der Waals surface area contributed by atoms with Crippen LogP contribution in [-0.2, 0) is 16.2 Å². The van der Waals surface area contributed by atoms with Crippen molar-refractivity contribution in [1.29, 1.82) is 0 Å². The summed E-state index contributed by atoms with van der Waals surface area (Å²) in [6, 6.07) is 87.4. The summed E-state index contributed by atoms with van der Waals surface area (Å²) in [5.41, 5.74) is 27.8. The van der Waals surface area contributed by atoms with Gasteiger partial charge in [-0.1, -0.05) is 236 Å². The Balaban J connectivity index is 0.758. The van der Waals surface area contributed by atoms with Crippen molar-refractivity contribution in [1.82, 2.24) is 0 Å². The third-order valence-electron chi connectivity index (χ3n) is 19.1. The Bertz CT molecular complexity index is 4730. The van der Waals surface area contributed by atoms with Crippen molar-refractivity contribution in [2.24, 2.45) is 0 Å². The molecule has 0 atom stereocenters. The van der Waals surface area contributed by atoms with Gasteiger partial charge in [-0.05, 0) is 208 Å². The molecule has 0 bridgehead atoms. The van der Waals surface area contributed by atoms with Crippen molar-refractivity contribution in [3.05, 3.63) is 276 Å². The van der Waals surface area contributed by atoms with E-state index >= 15 is 0 Å². The zero-order valence-electron chi connectivity index (χ0n) is 45.9. The summed E-state index contributed by atoms with van der Waals surface area (Å²) < 4.78 is 14.2. The van der Waals surface area contributed by atoms with Crippen molar-refractivity contribution in [3.8, 4) is 89.0 Å². The fourth-order valence-corrected chi connectivity index (χ4v) is 15.1. The summed E-state index contributed by atoms with van der Waals surface area (Å²) in [5.74, 6) is -0.228. The molecule has 0 N–H and O–H groups in total. The van der Waals surface area contributed by atoms with E-state index in [2.05, 4.69) is 254 Å². The van der Waals surface area contributed by atoms with E-state index in [9.17, 15) is 4.39 Å². The lowest BCUT2D eigenvalue weighted by Gasteiger charge is -2.24. The average molecular weight is 1030 g/mol. The van der Waals surface area contributed by atoms with Crippen LogP contribution >= 0.6 is 0 Å². The normalized spacial score (nSPS) is 14.7. The van der Waals surface area contributed by atoms with Crippen LogP contribution in [0.2, 0.25) is 0 Å². The molecule has 0 amide bonds. The molecule has 0 fully saturated rings. The van der Waals surface area contributed by atoms with Gasteiger partial charge in [0.2, 0.25) is 0 Å². The second-order valence-corrected chi connectivity index (χ2v) is 24.4. The molecule has 80 heavy (non-hydrogen) atoms. The van der Waals surface area contributed by atoms with Crippen molar-refractivity contribution < 1.29 is 4.39 Å². The van der Waals surface area contributed by atoms with Gasteiger partial charge in [0.15, 0.2) is 0 Å². The van der Waals surface area contributed by atoms with Crippen LogP contribution < -0.4 is 0 Å². The highest BCUT2D eigenvalue weighted by molar-refractivity contribution is 6.23. The summed E-state index contributed by atoms with van der Waals surface area (Å²) in [4.78, 5) is 0. The molecule has 3 aliphatic carbocycles. The number of hydrogen-bond acceptors (Lipinski definition) is 0. The molecule has 0 aliphatic heterocycles. The van der Waals surface area contributed by atoms with Crippen LogP contribution in [0.3, 0.4) is 0 Å². The quantitative estimate of drug-likeness (QED) is 0.151. The second-order valence-electron chi connectivity index (χ2n) is 24.4. The van der Waals surface area contributed by atoms with Crippen LogP contribution in [0.25, 0.3) is 132 Å². The van der Waals surface area contributed by atoms with Crippen LogP contribution in [0, 0.1) is 5.82 Å². The van der Waals surface area contributed by atoms with Gasteiger partial charge in [-0.2, -0.15) is 0 Å². The Morgan fingerprint density at radius 3 is 0.762 bits per heavy atom. The third-order valence-corrected chi connectivity index (χ3v) is 19.1. The molecule has 13 aromatic rings. The molecule has 13 aromatic carbocycles. The fourth-order valence-electron chi connectivity index (χ4n) is 15.1. The molecule has 0 saturated heterocycles. The Hall–Kier alpha value is -9.17. The maximum absolute atomic E-state index is 14.2.